The van der Waals surface area contributed by atoms with Crippen molar-refractivity contribution in [3.8, 4) is 0 Å². The van der Waals surface area contributed by atoms with E-state index < -0.39 is 112 Å². The number of aliphatic hydroxyl groups excluding tert-OH is 10. The Morgan fingerprint density at radius 1 is 0.486 bits per heavy atom. The summed E-state index contributed by atoms with van der Waals surface area (Å²) in [6, 6.07) is 0. The van der Waals surface area contributed by atoms with Gasteiger partial charge in [0.15, 0.2) is 0 Å². The summed E-state index contributed by atoms with van der Waals surface area (Å²) in [6.45, 7) is -2.21. The van der Waals surface area contributed by atoms with Crippen LogP contribution in [0.1, 0.15) is 0 Å². The molecular weight excluding hydrogens is 545 g/mol. The van der Waals surface area contributed by atoms with Gasteiger partial charge >= 0.3 is 151 Å². The molecule has 0 bridgehead atoms. The minimum absolute atomic E-state index is 0.675. The number of rotatable bonds is 8. The summed E-state index contributed by atoms with van der Waals surface area (Å²) in [5, 5.41) is 100. The van der Waals surface area contributed by atoms with Crippen LogP contribution >= 0.6 is 0 Å². The maximum absolute atomic E-state index is 10.7. The molecule has 0 spiro atoms. The van der Waals surface area contributed by atoms with E-state index in [2.05, 4.69) is 0 Å². The van der Waals surface area contributed by atoms with Crippen LogP contribution in [0.2, 0.25) is 0 Å². The molecule has 3 rings (SSSR count). The summed E-state index contributed by atoms with van der Waals surface area (Å²) in [5.74, 6) is 0. The molecule has 0 aromatic carbocycles. The summed E-state index contributed by atoms with van der Waals surface area (Å²) in [5.41, 5.74) is 0. The molecule has 203 valence electrons. The Balaban J connectivity index is 1.72. The first kappa shape index (κ1) is 29.5. The van der Waals surface area contributed by atoms with Gasteiger partial charge in [-0.3, -0.25) is 0 Å². The van der Waals surface area contributed by atoms with E-state index in [-0.39, 0.29) is 0 Å². The minimum atomic E-state index is -1.88. The largest absolute Gasteiger partial charge is 0.387 e. The summed E-state index contributed by atoms with van der Waals surface area (Å²) < 4.78 is 31.9. The molecule has 17 heteroatoms. The van der Waals surface area contributed by atoms with Gasteiger partial charge in [-0.25, -0.2) is 0 Å². The predicted octanol–water partition coefficient (Wildman–Crippen LogP) is -7.47. The first-order valence-corrected chi connectivity index (χ1v) is 11.6. The predicted molar refractivity (Wildman–Crippen MR) is 106 cm³/mol. The van der Waals surface area contributed by atoms with Crippen molar-refractivity contribution in [1.29, 1.82) is 0 Å². The molecule has 0 aromatic heterocycles. The van der Waals surface area contributed by atoms with Crippen molar-refractivity contribution < 1.29 is 78.5 Å². The zero-order valence-corrected chi connectivity index (χ0v) is 20.3. The van der Waals surface area contributed by atoms with Crippen molar-refractivity contribution in [2.75, 3.05) is 19.8 Å². The van der Waals surface area contributed by atoms with Gasteiger partial charge in [-0.05, 0) is 0 Å². The SMILES string of the molecule is OCC1OC(OC2C(CO)OC(OC3C(CO)OC([O][Ge])C(O)C3O)C(O)C2O)C(O)C(O)C1O. The van der Waals surface area contributed by atoms with Gasteiger partial charge in [0.2, 0.25) is 0 Å². The van der Waals surface area contributed by atoms with Crippen LogP contribution in [0.15, 0.2) is 0 Å². The standard InChI is InChI=1S/C18H31GeO16/c19-35-18-13(29)10(26)15(6(3-22)32-18)34-17-12(28)9(25)14(5(2-21)31-17)33-16-11(27)8(24)7(23)4(1-20)30-16/h4-18,20-29H,1-3H2. The third kappa shape index (κ3) is 5.99. The Morgan fingerprint density at radius 3 is 1.29 bits per heavy atom. The molecule has 3 radical (unpaired) electrons. The fraction of sp³-hybridized carbons (Fsp3) is 1.00. The van der Waals surface area contributed by atoms with Crippen molar-refractivity contribution in [2.45, 2.75) is 92.1 Å². The molecule has 3 aliphatic heterocycles. The Hall–Kier alpha value is -0.0971. The molecule has 16 nitrogen and oxygen atoms in total. The third-order valence-corrected chi connectivity index (χ3v) is 6.68. The van der Waals surface area contributed by atoms with Crippen molar-refractivity contribution in [2.24, 2.45) is 0 Å². The molecule has 10 N–H and O–H groups in total. The zero-order valence-electron chi connectivity index (χ0n) is 18.2. The molecular formula is C18H31GeO16. The van der Waals surface area contributed by atoms with Gasteiger partial charge in [-0.1, -0.05) is 0 Å². The van der Waals surface area contributed by atoms with E-state index in [1.54, 1.807) is 0 Å². The van der Waals surface area contributed by atoms with E-state index in [0.29, 0.717) is 0 Å². The fourth-order valence-corrected chi connectivity index (χ4v) is 4.55. The summed E-state index contributed by atoms with van der Waals surface area (Å²) >= 11 is 1.21. The van der Waals surface area contributed by atoms with Crippen molar-refractivity contribution >= 4 is 16.9 Å². The molecule has 0 aromatic rings. The molecule has 15 atom stereocenters. The van der Waals surface area contributed by atoms with E-state index in [1.807, 2.05) is 0 Å². The van der Waals surface area contributed by atoms with Crippen LogP contribution in [-0.2, 0) is 27.4 Å². The Bertz CT molecular complexity index is 656. The normalized spacial score (nSPS) is 51.3. The topological polar surface area (TPSA) is 258 Å². The van der Waals surface area contributed by atoms with Crippen LogP contribution in [0, 0.1) is 0 Å². The number of ether oxygens (including phenoxy) is 5. The van der Waals surface area contributed by atoms with E-state index in [0.717, 1.165) is 0 Å². The van der Waals surface area contributed by atoms with Crippen molar-refractivity contribution in [3.05, 3.63) is 0 Å². The van der Waals surface area contributed by atoms with Gasteiger partial charge in [-0.2, -0.15) is 0 Å². The third-order valence-electron chi connectivity index (χ3n) is 6.19. The number of hydrogen-bond acceptors (Lipinski definition) is 16. The summed E-state index contributed by atoms with van der Waals surface area (Å²) in [7, 11) is 0. The first-order valence-electron chi connectivity index (χ1n) is 10.8. The Morgan fingerprint density at radius 2 is 0.857 bits per heavy atom. The van der Waals surface area contributed by atoms with Crippen LogP contribution in [0.25, 0.3) is 0 Å². The Kier molecular flexibility index (Phi) is 10.6. The number of hydrogen-bond donors (Lipinski definition) is 10. The van der Waals surface area contributed by atoms with Crippen molar-refractivity contribution in [3.63, 3.8) is 0 Å². The van der Waals surface area contributed by atoms with Crippen LogP contribution in [0.3, 0.4) is 0 Å². The molecule has 15 unspecified atom stereocenters. The Labute approximate surface area is 207 Å². The quantitative estimate of drug-likeness (QED) is 0.120. The maximum atomic E-state index is 10.7. The van der Waals surface area contributed by atoms with Gasteiger partial charge < -0.3 is 25.2 Å². The van der Waals surface area contributed by atoms with Gasteiger partial charge in [0, 0.05) is 0 Å². The molecule has 35 heavy (non-hydrogen) atoms. The monoisotopic (exact) mass is 577 g/mol. The second kappa shape index (κ2) is 12.6. The molecule has 3 fully saturated rings. The summed E-state index contributed by atoms with van der Waals surface area (Å²) in [4.78, 5) is 0. The van der Waals surface area contributed by atoms with Gasteiger partial charge in [0.25, 0.3) is 0 Å². The average Bonchev–Trinajstić information content (AvgIpc) is 2.86. The van der Waals surface area contributed by atoms with E-state index in [1.165, 1.54) is 16.9 Å². The average molecular weight is 576 g/mol. The van der Waals surface area contributed by atoms with E-state index >= 15 is 0 Å². The second-order valence-corrected chi connectivity index (χ2v) is 8.92. The van der Waals surface area contributed by atoms with Crippen LogP contribution < -0.4 is 0 Å². The fourth-order valence-electron chi connectivity index (χ4n) is 4.14. The summed E-state index contributed by atoms with van der Waals surface area (Å²) in [6.07, 6.45) is -23.8. The molecule has 0 amide bonds. The minimum Gasteiger partial charge on any atom is -0.387 e. The van der Waals surface area contributed by atoms with Crippen LogP contribution in [0.5, 0.6) is 0 Å². The van der Waals surface area contributed by atoms with Crippen molar-refractivity contribution in [1.82, 2.24) is 0 Å². The van der Waals surface area contributed by atoms with Gasteiger partial charge in [0.05, 0.1) is 6.61 Å². The maximum Gasteiger partial charge on any atom is 0.133 e. The van der Waals surface area contributed by atoms with Crippen LogP contribution in [-0.4, -0.2) is 180 Å². The zero-order chi connectivity index (χ0) is 26.0. The molecule has 0 aliphatic carbocycles. The molecule has 3 aliphatic rings. The van der Waals surface area contributed by atoms with Crippen LogP contribution in [0.4, 0.5) is 0 Å². The van der Waals surface area contributed by atoms with E-state index in [4.69, 9.17) is 27.4 Å². The molecule has 3 saturated heterocycles. The van der Waals surface area contributed by atoms with Gasteiger partial charge in [-0.15, -0.1) is 0 Å². The van der Waals surface area contributed by atoms with Gasteiger partial charge in [0.1, 0.15) is 24.4 Å². The number of aliphatic hydroxyl groups is 10. The first-order chi connectivity index (χ1) is 16.6. The molecule has 0 saturated carbocycles. The van der Waals surface area contributed by atoms with E-state index in [9.17, 15) is 51.1 Å². The smallest absolute Gasteiger partial charge is 0.133 e. The molecule has 3 heterocycles. The second-order valence-electron chi connectivity index (χ2n) is 8.43.